The molecule has 0 radical (unpaired) electrons. The van der Waals surface area contributed by atoms with Crippen LogP contribution < -0.4 is 10.2 Å². The number of rotatable bonds is 57. The van der Waals surface area contributed by atoms with E-state index in [-0.39, 0.29) is 19.1 Å². The van der Waals surface area contributed by atoms with Crippen LogP contribution in [0.1, 0.15) is 309 Å². The van der Waals surface area contributed by atoms with Crippen LogP contribution in [0.15, 0.2) is 24.3 Å². The van der Waals surface area contributed by atoms with Crippen molar-refractivity contribution in [2.75, 3.05) is 40.9 Å². The molecule has 8 nitrogen and oxygen atoms in total. The highest BCUT2D eigenvalue weighted by molar-refractivity contribution is 7.45. The highest BCUT2D eigenvalue weighted by Crippen LogP contribution is 2.38. The van der Waals surface area contributed by atoms with Crippen molar-refractivity contribution in [3.63, 3.8) is 0 Å². The Morgan fingerprint density at radius 2 is 0.786 bits per heavy atom. The smallest absolute Gasteiger partial charge is 0.268 e. The fourth-order valence-corrected chi connectivity index (χ4v) is 10.1. The van der Waals surface area contributed by atoms with Crippen LogP contribution in [0.4, 0.5) is 0 Å². The summed E-state index contributed by atoms with van der Waals surface area (Å²) in [6.07, 6.45) is 67.3. The van der Waals surface area contributed by atoms with Gasteiger partial charge in [-0.05, 0) is 44.9 Å². The molecule has 0 spiro atoms. The maximum atomic E-state index is 12.9. The molecule has 2 N–H and O–H groups in total. The SMILES string of the molecule is CCCCCCCCCC/C=C\CCCCCCCCCCCCCCCCCCCCCCCCCCCC(=O)NC(COP(=O)([O-])OCC[N+](C)(C)C)C(O)/C=C/CCCCCCCCCCC. The summed E-state index contributed by atoms with van der Waals surface area (Å²) in [6, 6.07) is -0.882. The zero-order valence-electron chi connectivity index (χ0n) is 47.5. The number of nitrogens with zero attached hydrogens (tertiary/aromatic N) is 1. The highest BCUT2D eigenvalue weighted by atomic mass is 31.2. The molecule has 9 heteroatoms. The summed E-state index contributed by atoms with van der Waals surface area (Å²) in [5, 5.41) is 13.8. The lowest BCUT2D eigenvalue weighted by molar-refractivity contribution is -0.870. The van der Waals surface area contributed by atoms with Gasteiger partial charge >= 0.3 is 0 Å². The second-order valence-electron chi connectivity index (χ2n) is 22.4. The first kappa shape index (κ1) is 69.0. The average Bonchev–Trinajstić information content (AvgIpc) is 3.32. The Balaban J connectivity index is 3.84. The minimum absolute atomic E-state index is 0.00150. The van der Waals surface area contributed by atoms with E-state index in [1.165, 1.54) is 250 Å². The van der Waals surface area contributed by atoms with Crippen molar-refractivity contribution in [3.05, 3.63) is 24.3 Å². The van der Waals surface area contributed by atoms with Crippen molar-refractivity contribution < 1.29 is 32.9 Å². The highest BCUT2D eigenvalue weighted by Gasteiger charge is 2.23. The topological polar surface area (TPSA) is 108 Å². The van der Waals surface area contributed by atoms with E-state index in [9.17, 15) is 19.4 Å². The average molecular weight is 1010 g/mol. The van der Waals surface area contributed by atoms with E-state index in [0.29, 0.717) is 17.4 Å². The van der Waals surface area contributed by atoms with E-state index < -0.39 is 20.0 Å². The van der Waals surface area contributed by atoms with Crippen molar-refractivity contribution in [2.24, 2.45) is 0 Å². The molecule has 3 atom stereocenters. The first-order chi connectivity index (χ1) is 34.0. The Morgan fingerprint density at radius 3 is 1.11 bits per heavy atom. The van der Waals surface area contributed by atoms with Crippen LogP contribution in [0.3, 0.4) is 0 Å². The van der Waals surface area contributed by atoms with Crippen LogP contribution in [-0.2, 0) is 18.4 Å². The number of allylic oxidation sites excluding steroid dienone is 3. The molecule has 0 rings (SSSR count). The van der Waals surface area contributed by atoms with Gasteiger partial charge in [-0.15, -0.1) is 0 Å². The molecule has 0 saturated heterocycles. The van der Waals surface area contributed by atoms with Crippen LogP contribution in [0.5, 0.6) is 0 Å². The van der Waals surface area contributed by atoms with Crippen LogP contribution in [-0.4, -0.2) is 68.5 Å². The monoisotopic (exact) mass is 1010 g/mol. The third-order valence-corrected chi connectivity index (χ3v) is 15.1. The number of phosphoric ester groups is 1. The normalized spacial score (nSPS) is 14.0. The van der Waals surface area contributed by atoms with Gasteiger partial charge in [0.2, 0.25) is 5.91 Å². The molecule has 416 valence electrons. The summed E-state index contributed by atoms with van der Waals surface area (Å²) in [5.41, 5.74) is 0. The van der Waals surface area contributed by atoms with E-state index in [0.717, 1.165) is 38.5 Å². The van der Waals surface area contributed by atoms with Gasteiger partial charge in [-0.25, -0.2) is 0 Å². The molecule has 1 amide bonds. The van der Waals surface area contributed by atoms with Crippen molar-refractivity contribution in [1.82, 2.24) is 5.32 Å². The minimum Gasteiger partial charge on any atom is -0.756 e. The first-order valence-corrected chi connectivity index (χ1v) is 32.2. The fraction of sp³-hybridized carbons (Fsp3) is 0.918. The maximum Gasteiger partial charge on any atom is 0.268 e. The van der Waals surface area contributed by atoms with Gasteiger partial charge in [0.15, 0.2) is 0 Å². The number of hydrogen-bond donors (Lipinski definition) is 2. The molecule has 0 aliphatic heterocycles. The van der Waals surface area contributed by atoms with Crippen molar-refractivity contribution >= 4 is 13.7 Å². The van der Waals surface area contributed by atoms with E-state index in [1.807, 2.05) is 27.2 Å². The molecular weight excluding hydrogens is 888 g/mol. The van der Waals surface area contributed by atoms with Crippen LogP contribution in [0, 0.1) is 0 Å². The van der Waals surface area contributed by atoms with Gasteiger partial charge in [0, 0.05) is 6.42 Å². The predicted octanol–water partition coefficient (Wildman–Crippen LogP) is 18.1. The molecule has 0 saturated carbocycles. The molecule has 0 aromatic rings. The standard InChI is InChI=1S/C61H121N2O6P/c1-6-8-10-12-14-16-18-19-20-21-22-23-24-25-26-27-28-29-30-31-32-33-34-35-36-37-38-39-40-41-42-43-45-47-49-51-53-55-61(65)62-59(58-69-70(66,67)68-57-56-63(3,4)5)60(64)54-52-50-48-46-44-17-15-13-11-9-7-2/h21-22,52,54,59-60,64H,6-20,23-51,53,55-58H2,1-5H3,(H-,62,65,66,67)/b22-21-,54-52+. The predicted molar refractivity (Wildman–Crippen MR) is 302 cm³/mol. The summed E-state index contributed by atoms with van der Waals surface area (Å²) in [5.74, 6) is -0.193. The summed E-state index contributed by atoms with van der Waals surface area (Å²) in [6.45, 7) is 4.66. The number of likely N-dealkylation sites (N-methyl/N-ethyl adjacent to an activating group) is 1. The lowest BCUT2D eigenvalue weighted by atomic mass is 10.0. The Morgan fingerprint density at radius 1 is 0.486 bits per heavy atom. The molecule has 3 unspecified atom stereocenters. The number of aliphatic hydroxyl groups excluding tert-OH is 1. The van der Waals surface area contributed by atoms with Gasteiger partial charge in [-0.3, -0.25) is 9.36 Å². The van der Waals surface area contributed by atoms with Gasteiger partial charge < -0.3 is 28.8 Å². The molecule has 0 aliphatic rings. The summed E-state index contributed by atoms with van der Waals surface area (Å²) < 4.78 is 23.3. The Hall–Kier alpha value is -1.02. The Labute approximate surface area is 436 Å². The van der Waals surface area contributed by atoms with Gasteiger partial charge in [0.1, 0.15) is 13.2 Å². The first-order valence-electron chi connectivity index (χ1n) is 30.7. The van der Waals surface area contributed by atoms with Gasteiger partial charge in [-0.2, -0.15) is 0 Å². The molecule has 0 aliphatic carbocycles. The Kier molecular flexibility index (Phi) is 52.1. The van der Waals surface area contributed by atoms with Gasteiger partial charge in [0.05, 0.1) is 39.9 Å². The van der Waals surface area contributed by atoms with Crippen molar-refractivity contribution in [2.45, 2.75) is 321 Å². The number of unbranched alkanes of at least 4 members (excludes halogenated alkanes) is 42. The number of quaternary nitrogens is 1. The number of phosphoric acid groups is 1. The van der Waals surface area contributed by atoms with Crippen LogP contribution in [0.2, 0.25) is 0 Å². The fourth-order valence-electron chi connectivity index (χ4n) is 9.33. The lowest BCUT2D eigenvalue weighted by Gasteiger charge is -2.29. The minimum atomic E-state index is -4.59. The summed E-state index contributed by atoms with van der Waals surface area (Å²) >= 11 is 0. The quantitative estimate of drug-likeness (QED) is 0.0272. The molecule has 0 aromatic heterocycles. The van der Waals surface area contributed by atoms with Crippen molar-refractivity contribution in [3.8, 4) is 0 Å². The Bertz CT molecular complexity index is 1190. The second-order valence-corrected chi connectivity index (χ2v) is 23.8. The van der Waals surface area contributed by atoms with E-state index in [2.05, 4.69) is 31.3 Å². The number of nitrogens with one attached hydrogen (secondary N) is 1. The van der Waals surface area contributed by atoms with E-state index in [4.69, 9.17) is 9.05 Å². The molecule has 0 bridgehead atoms. The van der Waals surface area contributed by atoms with Crippen molar-refractivity contribution in [1.29, 1.82) is 0 Å². The maximum absolute atomic E-state index is 12.9. The van der Waals surface area contributed by atoms with Gasteiger partial charge in [0.25, 0.3) is 7.82 Å². The van der Waals surface area contributed by atoms with Crippen LogP contribution in [0.25, 0.3) is 0 Å². The van der Waals surface area contributed by atoms with Crippen LogP contribution >= 0.6 is 7.82 Å². The molecule has 0 aromatic carbocycles. The molecule has 0 fully saturated rings. The molecular formula is C61H121N2O6P. The van der Waals surface area contributed by atoms with E-state index >= 15 is 0 Å². The number of carbonyl (C=O) groups is 1. The lowest BCUT2D eigenvalue weighted by Crippen LogP contribution is -2.45. The summed E-state index contributed by atoms with van der Waals surface area (Å²) in [4.78, 5) is 25.4. The summed E-state index contributed by atoms with van der Waals surface area (Å²) in [7, 11) is 1.27. The zero-order valence-corrected chi connectivity index (χ0v) is 48.4. The largest absolute Gasteiger partial charge is 0.756 e. The third-order valence-electron chi connectivity index (χ3n) is 14.2. The molecule has 0 heterocycles. The number of hydrogen-bond acceptors (Lipinski definition) is 6. The second kappa shape index (κ2) is 52.8. The zero-order chi connectivity index (χ0) is 51.3. The van der Waals surface area contributed by atoms with E-state index in [1.54, 1.807) is 6.08 Å². The number of aliphatic hydroxyl groups is 1. The number of amides is 1. The molecule has 70 heavy (non-hydrogen) atoms. The third kappa shape index (κ3) is 54.7. The van der Waals surface area contributed by atoms with Gasteiger partial charge in [-0.1, -0.05) is 282 Å². The number of carbonyl (C=O) groups excluding carboxylic acids is 1.